The van der Waals surface area contributed by atoms with Crippen molar-refractivity contribution in [2.75, 3.05) is 36.8 Å². The van der Waals surface area contributed by atoms with E-state index >= 15 is 0 Å². The van der Waals surface area contributed by atoms with E-state index in [1.54, 1.807) is 0 Å². The summed E-state index contributed by atoms with van der Waals surface area (Å²) < 4.78 is 0. The Morgan fingerprint density at radius 3 is 2.71 bits per heavy atom. The molecule has 2 aromatic rings. The zero-order valence-electron chi connectivity index (χ0n) is 13.5. The Balaban J connectivity index is 1.68. The van der Waals surface area contributed by atoms with Crippen molar-refractivity contribution in [3.05, 3.63) is 46.7 Å². The fraction of sp³-hybridized carbons (Fsp3) is 0.353. The Morgan fingerprint density at radius 1 is 1.25 bits per heavy atom. The van der Waals surface area contributed by atoms with Gasteiger partial charge in [0.1, 0.15) is 17.2 Å². The lowest BCUT2D eigenvalue weighted by Gasteiger charge is -2.39. The molecule has 1 aliphatic heterocycles. The minimum atomic E-state index is 0.256. The number of hydrogen-bond acceptors (Lipinski definition) is 6. The second kappa shape index (κ2) is 7.04. The summed E-state index contributed by atoms with van der Waals surface area (Å²) in [6, 6.07) is 10.2. The number of nitriles is 1. The molecule has 1 unspecified atom stereocenters. The maximum absolute atomic E-state index is 9.06. The fourth-order valence-electron chi connectivity index (χ4n) is 2.99. The maximum atomic E-state index is 9.06. The van der Waals surface area contributed by atoms with Crippen LogP contribution in [-0.4, -0.2) is 41.0 Å². The van der Waals surface area contributed by atoms with Crippen LogP contribution in [0.1, 0.15) is 24.1 Å². The molecule has 1 atom stereocenters. The second-order valence-corrected chi connectivity index (χ2v) is 6.21. The molecule has 24 heavy (non-hydrogen) atoms. The van der Waals surface area contributed by atoms with E-state index < -0.39 is 0 Å². The summed E-state index contributed by atoms with van der Waals surface area (Å²) in [6.45, 7) is 5.58. The van der Waals surface area contributed by atoms with Crippen LogP contribution >= 0.6 is 11.6 Å². The number of aromatic nitrogens is 2. The molecule has 2 heterocycles. The van der Waals surface area contributed by atoms with Crippen molar-refractivity contribution in [3.63, 3.8) is 0 Å². The lowest BCUT2D eigenvalue weighted by atomic mass is 10.0. The molecule has 0 bridgehead atoms. The largest absolute Gasteiger partial charge is 0.382 e. The topological polar surface area (TPSA) is 82.1 Å². The van der Waals surface area contributed by atoms with Crippen molar-refractivity contribution in [1.29, 1.82) is 5.26 Å². The van der Waals surface area contributed by atoms with Crippen molar-refractivity contribution in [2.45, 2.75) is 13.0 Å². The van der Waals surface area contributed by atoms with E-state index in [0.29, 0.717) is 22.2 Å². The van der Waals surface area contributed by atoms with E-state index in [-0.39, 0.29) is 6.04 Å². The van der Waals surface area contributed by atoms with Gasteiger partial charge in [0.25, 0.3) is 0 Å². The van der Waals surface area contributed by atoms with Crippen LogP contribution in [0.4, 0.5) is 11.6 Å². The smallest absolute Gasteiger partial charge is 0.153 e. The van der Waals surface area contributed by atoms with E-state index in [0.717, 1.165) is 31.7 Å². The highest BCUT2D eigenvalue weighted by Gasteiger charge is 2.24. The first-order chi connectivity index (χ1) is 11.6. The number of nitrogen functional groups attached to an aromatic ring is 1. The first-order valence-corrected chi connectivity index (χ1v) is 8.23. The predicted octanol–water partition coefficient (Wildman–Crippen LogP) is 2.47. The SMILES string of the molecule is CC(c1cccc(C#N)c1)N1CCN(c2ncnc(N)c2Cl)CC1. The van der Waals surface area contributed by atoms with Crippen LogP contribution in [0.15, 0.2) is 30.6 Å². The van der Waals surface area contributed by atoms with E-state index in [1.807, 2.05) is 18.2 Å². The zero-order chi connectivity index (χ0) is 17.1. The van der Waals surface area contributed by atoms with Gasteiger partial charge in [0.15, 0.2) is 5.82 Å². The summed E-state index contributed by atoms with van der Waals surface area (Å²) in [5.41, 5.74) is 7.61. The molecule has 124 valence electrons. The molecule has 0 aliphatic carbocycles. The average Bonchev–Trinajstić information content (AvgIpc) is 2.63. The third-order valence-corrected chi connectivity index (χ3v) is 4.82. The molecule has 6 nitrogen and oxygen atoms in total. The van der Waals surface area contributed by atoms with Crippen LogP contribution < -0.4 is 10.6 Å². The number of hydrogen-bond donors (Lipinski definition) is 1. The maximum Gasteiger partial charge on any atom is 0.153 e. The molecule has 7 heteroatoms. The molecule has 1 aromatic heterocycles. The molecular weight excluding hydrogens is 324 g/mol. The van der Waals surface area contributed by atoms with Crippen molar-refractivity contribution in [3.8, 4) is 6.07 Å². The summed E-state index contributed by atoms with van der Waals surface area (Å²) in [5, 5.41) is 9.48. The fourth-order valence-corrected chi connectivity index (χ4v) is 3.21. The van der Waals surface area contributed by atoms with Gasteiger partial charge in [0.05, 0.1) is 11.6 Å². The zero-order valence-corrected chi connectivity index (χ0v) is 14.2. The van der Waals surface area contributed by atoms with Gasteiger partial charge in [-0.3, -0.25) is 4.90 Å². The van der Waals surface area contributed by atoms with Crippen LogP contribution in [0.3, 0.4) is 0 Å². The summed E-state index contributed by atoms with van der Waals surface area (Å²) in [5.74, 6) is 1.01. The van der Waals surface area contributed by atoms with Crippen LogP contribution in [0.2, 0.25) is 5.02 Å². The van der Waals surface area contributed by atoms with Gasteiger partial charge in [-0.05, 0) is 24.6 Å². The molecule has 0 spiro atoms. The molecule has 1 aliphatic rings. The Hall–Kier alpha value is -2.36. The quantitative estimate of drug-likeness (QED) is 0.922. The van der Waals surface area contributed by atoms with E-state index in [4.69, 9.17) is 22.6 Å². The average molecular weight is 343 g/mol. The highest BCUT2D eigenvalue weighted by atomic mass is 35.5. The normalized spacial score (nSPS) is 16.6. The summed E-state index contributed by atoms with van der Waals surface area (Å²) >= 11 is 6.22. The number of halogens is 1. The summed E-state index contributed by atoms with van der Waals surface area (Å²) in [6.07, 6.45) is 1.44. The van der Waals surface area contributed by atoms with E-state index in [1.165, 1.54) is 6.33 Å². The minimum absolute atomic E-state index is 0.256. The van der Waals surface area contributed by atoms with Gasteiger partial charge in [-0.25, -0.2) is 9.97 Å². The number of rotatable bonds is 3. The molecule has 2 N–H and O–H groups in total. The molecule has 0 amide bonds. The van der Waals surface area contributed by atoms with E-state index in [2.05, 4.69) is 38.8 Å². The first-order valence-electron chi connectivity index (χ1n) is 7.85. The molecular formula is C17H19ClN6. The molecule has 0 radical (unpaired) electrons. The number of benzene rings is 1. The van der Waals surface area contributed by atoms with Gasteiger partial charge in [-0.1, -0.05) is 23.7 Å². The molecule has 1 aromatic carbocycles. The second-order valence-electron chi connectivity index (χ2n) is 5.83. The molecule has 3 rings (SSSR count). The van der Waals surface area contributed by atoms with Crippen molar-refractivity contribution >= 4 is 23.2 Å². The third kappa shape index (κ3) is 3.28. The highest BCUT2D eigenvalue weighted by Crippen LogP contribution is 2.29. The van der Waals surface area contributed by atoms with Crippen molar-refractivity contribution in [2.24, 2.45) is 0 Å². The van der Waals surface area contributed by atoms with Gasteiger partial charge >= 0.3 is 0 Å². The Bertz CT molecular complexity index is 764. The van der Waals surface area contributed by atoms with Gasteiger partial charge in [-0.2, -0.15) is 5.26 Å². The third-order valence-electron chi connectivity index (χ3n) is 4.46. The molecule has 1 saturated heterocycles. The van der Waals surface area contributed by atoms with Crippen molar-refractivity contribution < 1.29 is 0 Å². The minimum Gasteiger partial charge on any atom is -0.382 e. The Labute approximate surface area is 146 Å². The number of nitrogens with two attached hydrogens (primary N) is 1. The lowest BCUT2D eigenvalue weighted by molar-refractivity contribution is 0.198. The van der Waals surface area contributed by atoms with Gasteiger partial charge < -0.3 is 10.6 Å². The van der Waals surface area contributed by atoms with Gasteiger partial charge in [-0.15, -0.1) is 0 Å². The highest BCUT2D eigenvalue weighted by molar-refractivity contribution is 6.35. The molecule has 1 fully saturated rings. The van der Waals surface area contributed by atoms with Gasteiger partial charge in [0.2, 0.25) is 0 Å². The van der Waals surface area contributed by atoms with Crippen LogP contribution in [0.5, 0.6) is 0 Å². The standard InChI is InChI=1S/C17H19ClN6/c1-12(14-4-2-3-13(9-14)10-19)23-5-7-24(8-6-23)17-15(18)16(20)21-11-22-17/h2-4,9,11-12H,5-8H2,1H3,(H2,20,21,22). The first kappa shape index (κ1) is 16.5. The number of nitrogens with zero attached hydrogens (tertiary/aromatic N) is 5. The number of anilines is 2. The number of piperazine rings is 1. The van der Waals surface area contributed by atoms with Crippen LogP contribution in [0, 0.1) is 11.3 Å². The summed E-state index contributed by atoms with van der Waals surface area (Å²) in [4.78, 5) is 12.7. The Morgan fingerprint density at radius 2 is 2.00 bits per heavy atom. The van der Waals surface area contributed by atoms with Gasteiger partial charge in [0, 0.05) is 32.2 Å². The van der Waals surface area contributed by atoms with Crippen molar-refractivity contribution in [1.82, 2.24) is 14.9 Å². The monoisotopic (exact) mass is 342 g/mol. The van der Waals surface area contributed by atoms with Crippen LogP contribution in [-0.2, 0) is 0 Å². The molecule has 0 saturated carbocycles. The summed E-state index contributed by atoms with van der Waals surface area (Å²) in [7, 11) is 0. The van der Waals surface area contributed by atoms with Crippen LogP contribution in [0.25, 0.3) is 0 Å². The Kier molecular flexibility index (Phi) is 4.84. The lowest BCUT2D eigenvalue weighted by Crippen LogP contribution is -2.47. The van der Waals surface area contributed by atoms with E-state index in [9.17, 15) is 0 Å². The predicted molar refractivity (Wildman–Crippen MR) is 94.8 cm³/mol.